The van der Waals surface area contributed by atoms with Gasteiger partial charge in [0.05, 0.1) is 30.6 Å². The van der Waals surface area contributed by atoms with Crippen molar-refractivity contribution in [3.63, 3.8) is 0 Å². The number of amides is 3. The average Bonchev–Trinajstić information content (AvgIpc) is 3.59. The number of carbonyl (C=O) groups excluding carboxylic acids is 4. The largest absolute Gasteiger partial charge is 0.497 e. The zero-order valence-electron chi connectivity index (χ0n) is 20.3. The zero-order chi connectivity index (χ0) is 25.4. The van der Waals surface area contributed by atoms with Gasteiger partial charge in [-0.15, -0.1) is 0 Å². The van der Waals surface area contributed by atoms with Gasteiger partial charge < -0.3 is 14.4 Å². The maximum absolute atomic E-state index is 13.3. The summed E-state index contributed by atoms with van der Waals surface area (Å²) in [6.07, 6.45) is 5.49. The van der Waals surface area contributed by atoms with Gasteiger partial charge in [-0.3, -0.25) is 24.1 Å². The van der Waals surface area contributed by atoms with Crippen molar-refractivity contribution in [3.8, 4) is 11.5 Å². The minimum absolute atomic E-state index is 0.0615. The molecule has 3 amide bonds. The first-order valence-corrected chi connectivity index (χ1v) is 12.8. The average molecular weight is 499 g/mol. The first-order chi connectivity index (χ1) is 17.9. The van der Waals surface area contributed by atoms with Crippen LogP contribution in [0.15, 0.2) is 60.7 Å². The Morgan fingerprint density at radius 1 is 0.865 bits per heavy atom. The summed E-state index contributed by atoms with van der Waals surface area (Å²) in [5.74, 6) is 0.399. The van der Waals surface area contributed by atoms with E-state index in [0.29, 0.717) is 34.7 Å². The molecule has 0 unspecified atom stereocenters. The Morgan fingerprint density at radius 2 is 1.54 bits per heavy atom. The van der Waals surface area contributed by atoms with E-state index in [1.807, 2.05) is 0 Å². The summed E-state index contributed by atoms with van der Waals surface area (Å²) in [6, 6.07) is 13.6. The van der Waals surface area contributed by atoms with E-state index in [1.165, 1.54) is 4.90 Å². The standard InChI is InChI=1S/C29H26N2O6/c1-36-19-4-2-3-17(12-19)30-14-15(11-24(30)32)29(35)37-18-7-5-16(6-8-18)31-27(33)25-20-9-10-21(23-13-22(20)23)26(25)28(31)34/h2-10,12,15,20-23,25-26H,11,13-14H2,1H3/t15-,20-,21-,22-,23-,25-,26+/m1/s1. The van der Waals surface area contributed by atoms with Crippen LogP contribution in [0.3, 0.4) is 0 Å². The van der Waals surface area contributed by atoms with Gasteiger partial charge in [-0.2, -0.15) is 0 Å². The fourth-order valence-corrected chi connectivity index (χ4v) is 6.97. The Morgan fingerprint density at radius 3 is 2.19 bits per heavy atom. The number of esters is 1. The van der Waals surface area contributed by atoms with Crippen molar-refractivity contribution in [2.45, 2.75) is 12.8 Å². The Bertz CT molecular complexity index is 1330. The van der Waals surface area contributed by atoms with Crippen molar-refractivity contribution in [2.75, 3.05) is 23.5 Å². The molecule has 4 fully saturated rings. The Hall–Kier alpha value is -3.94. The van der Waals surface area contributed by atoms with Gasteiger partial charge in [-0.25, -0.2) is 0 Å². The maximum atomic E-state index is 13.3. The lowest BCUT2D eigenvalue weighted by Gasteiger charge is -2.37. The molecule has 8 heteroatoms. The monoisotopic (exact) mass is 498 g/mol. The molecule has 2 aromatic rings. The number of benzene rings is 2. The van der Waals surface area contributed by atoms with Crippen LogP contribution in [0.25, 0.3) is 0 Å². The number of rotatable bonds is 5. The van der Waals surface area contributed by atoms with E-state index < -0.39 is 11.9 Å². The number of hydrogen-bond acceptors (Lipinski definition) is 6. The van der Waals surface area contributed by atoms with Gasteiger partial charge in [0.25, 0.3) is 0 Å². The van der Waals surface area contributed by atoms with Gasteiger partial charge in [-0.05, 0) is 66.5 Å². The molecule has 8 rings (SSSR count). The van der Waals surface area contributed by atoms with Crippen LogP contribution in [0.2, 0.25) is 0 Å². The molecule has 0 spiro atoms. The van der Waals surface area contributed by atoms with Crippen molar-refractivity contribution in [2.24, 2.45) is 41.4 Å². The van der Waals surface area contributed by atoms with Gasteiger partial charge in [-0.1, -0.05) is 18.2 Å². The summed E-state index contributed by atoms with van der Waals surface area (Å²) in [4.78, 5) is 54.9. The van der Waals surface area contributed by atoms with E-state index in [1.54, 1.807) is 60.5 Å². The minimum Gasteiger partial charge on any atom is -0.497 e. The van der Waals surface area contributed by atoms with Crippen LogP contribution in [-0.2, 0) is 19.2 Å². The highest BCUT2D eigenvalue weighted by molar-refractivity contribution is 6.22. The SMILES string of the molecule is COc1cccc(N2C[C@H](C(=O)Oc3ccc(N4C(=O)[C@@H]5[C@@H]6C=C[C@H]([C@H]7C[C@H]67)[C@@H]5C4=O)cc3)CC2=O)c1. The molecule has 2 aromatic carbocycles. The Kier molecular flexibility index (Phi) is 4.83. The van der Waals surface area contributed by atoms with E-state index >= 15 is 0 Å². The molecule has 2 saturated heterocycles. The Balaban J connectivity index is 1.03. The second-order valence-corrected chi connectivity index (χ2v) is 10.7. The van der Waals surface area contributed by atoms with Crippen molar-refractivity contribution in [1.29, 1.82) is 0 Å². The second-order valence-electron chi connectivity index (χ2n) is 10.7. The predicted molar refractivity (Wildman–Crippen MR) is 133 cm³/mol. The molecule has 7 atom stereocenters. The lowest BCUT2D eigenvalue weighted by atomic mass is 9.63. The van der Waals surface area contributed by atoms with Crippen molar-refractivity contribution in [3.05, 3.63) is 60.7 Å². The first kappa shape index (κ1) is 22.3. The van der Waals surface area contributed by atoms with Crippen LogP contribution in [0.1, 0.15) is 12.8 Å². The molecule has 0 N–H and O–H groups in total. The number of ether oxygens (including phenoxy) is 2. The molecule has 0 aromatic heterocycles. The minimum atomic E-state index is -0.599. The molecule has 2 saturated carbocycles. The number of anilines is 2. The van der Waals surface area contributed by atoms with Crippen LogP contribution in [0, 0.1) is 41.4 Å². The number of nitrogens with zero attached hydrogens (tertiary/aromatic N) is 2. The number of imide groups is 1. The summed E-state index contributed by atoms with van der Waals surface area (Å²) in [7, 11) is 1.56. The van der Waals surface area contributed by atoms with E-state index in [2.05, 4.69) is 12.2 Å². The zero-order valence-corrected chi connectivity index (χ0v) is 20.3. The van der Waals surface area contributed by atoms with Crippen LogP contribution in [0.5, 0.6) is 11.5 Å². The summed E-state index contributed by atoms with van der Waals surface area (Å²) in [6.45, 7) is 0.223. The molecule has 8 nitrogen and oxygen atoms in total. The Labute approximate surface area is 213 Å². The van der Waals surface area contributed by atoms with E-state index in [9.17, 15) is 19.2 Å². The second kappa shape index (κ2) is 8.03. The molecular weight excluding hydrogens is 472 g/mol. The molecule has 37 heavy (non-hydrogen) atoms. The lowest BCUT2D eigenvalue weighted by Crippen LogP contribution is -2.40. The van der Waals surface area contributed by atoms with E-state index in [4.69, 9.17) is 9.47 Å². The highest BCUT2D eigenvalue weighted by atomic mass is 16.5. The maximum Gasteiger partial charge on any atom is 0.316 e. The van der Waals surface area contributed by atoms with Gasteiger partial charge in [0.2, 0.25) is 17.7 Å². The molecule has 0 radical (unpaired) electrons. The highest BCUT2D eigenvalue weighted by Crippen LogP contribution is 2.65. The smallest absolute Gasteiger partial charge is 0.316 e. The van der Waals surface area contributed by atoms with Crippen LogP contribution in [-0.4, -0.2) is 37.3 Å². The molecule has 2 aliphatic heterocycles. The highest BCUT2D eigenvalue weighted by Gasteiger charge is 2.67. The number of carbonyl (C=O) groups is 4. The number of hydrogen-bond donors (Lipinski definition) is 0. The summed E-state index contributed by atoms with van der Waals surface area (Å²) >= 11 is 0. The van der Waals surface area contributed by atoms with Crippen molar-refractivity contribution >= 4 is 35.1 Å². The molecule has 2 heterocycles. The number of allylic oxidation sites excluding steroid dienone is 2. The number of methoxy groups -OCH3 is 1. The molecular formula is C29H26N2O6. The first-order valence-electron chi connectivity index (χ1n) is 12.8. The quantitative estimate of drug-likeness (QED) is 0.272. The fraction of sp³-hybridized carbons (Fsp3) is 0.379. The predicted octanol–water partition coefficient (Wildman–Crippen LogP) is 3.21. The van der Waals surface area contributed by atoms with Crippen LogP contribution in [0.4, 0.5) is 11.4 Å². The fourth-order valence-electron chi connectivity index (χ4n) is 6.97. The van der Waals surface area contributed by atoms with E-state index in [-0.39, 0.29) is 54.4 Å². The van der Waals surface area contributed by atoms with Gasteiger partial charge in [0.1, 0.15) is 11.5 Å². The topological polar surface area (TPSA) is 93.2 Å². The molecule has 188 valence electrons. The summed E-state index contributed by atoms with van der Waals surface area (Å²) in [5, 5.41) is 0. The lowest BCUT2D eigenvalue weighted by molar-refractivity contribution is -0.139. The van der Waals surface area contributed by atoms with Gasteiger partial charge >= 0.3 is 5.97 Å². The van der Waals surface area contributed by atoms with Crippen LogP contribution < -0.4 is 19.3 Å². The van der Waals surface area contributed by atoms with Gasteiger partial charge in [0, 0.05) is 24.7 Å². The third-order valence-corrected chi connectivity index (χ3v) is 8.80. The van der Waals surface area contributed by atoms with Crippen molar-refractivity contribution < 1.29 is 28.7 Å². The summed E-state index contributed by atoms with van der Waals surface area (Å²) < 4.78 is 10.8. The molecule has 6 aliphatic rings. The third kappa shape index (κ3) is 3.35. The molecule has 4 aliphatic carbocycles. The van der Waals surface area contributed by atoms with Crippen LogP contribution >= 0.6 is 0 Å². The van der Waals surface area contributed by atoms with E-state index in [0.717, 1.165) is 6.42 Å². The molecule has 2 bridgehead atoms. The van der Waals surface area contributed by atoms with Crippen molar-refractivity contribution in [1.82, 2.24) is 0 Å². The summed E-state index contributed by atoms with van der Waals surface area (Å²) in [5.41, 5.74) is 1.17. The third-order valence-electron chi connectivity index (χ3n) is 8.80. The van der Waals surface area contributed by atoms with Gasteiger partial charge in [0.15, 0.2) is 0 Å². The normalized spacial score (nSPS) is 33.0.